The van der Waals surface area contributed by atoms with Crippen LogP contribution in [0.3, 0.4) is 0 Å². The molecule has 47 heavy (non-hydrogen) atoms. The SMILES string of the molecule is O=C(c1ccccc1)c1sc(C(=O)c2ccccc2)c(-c2cccc3c2Cc2ccccc2-3)c1-c1cccc2c1Cc1ccccc1-2. The van der Waals surface area contributed by atoms with Gasteiger partial charge in [0.25, 0.3) is 0 Å². The highest BCUT2D eigenvalue weighted by molar-refractivity contribution is 7.17. The van der Waals surface area contributed by atoms with E-state index in [0.717, 1.165) is 35.1 Å². The van der Waals surface area contributed by atoms with Crippen LogP contribution in [0.15, 0.2) is 146 Å². The standard InChI is InChI=1S/C44H28O2S/c45-41(27-13-3-1-4-14-27)43-39(35-23-11-21-33-31-19-9-7-17-29(31)25-37(33)35)40(44(47-43)42(46)28-15-5-2-6-16-28)36-24-12-22-34-32-20-10-8-18-30(32)26-38(34)36/h1-24H,25-26H2. The first-order chi connectivity index (χ1) is 23.2. The van der Waals surface area contributed by atoms with Gasteiger partial charge in [-0.1, -0.05) is 146 Å². The Labute approximate surface area is 277 Å². The fourth-order valence-electron chi connectivity index (χ4n) is 7.49. The molecule has 0 radical (unpaired) electrons. The number of benzene rings is 6. The highest BCUT2D eigenvalue weighted by Gasteiger charge is 2.34. The van der Waals surface area contributed by atoms with Crippen molar-refractivity contribution >= 4 is 22.9 Å². The Morgan fingerprint density at radius 3 is 1.19 bits per heavy atom. The molecular weight excluding hydrogens is 593 g/mol. The van der Waals surface area contributed by atoms with E-state index in [2.05, 4.69) is 84.9 Å². The summed E-state index contributed by atoms with van der Waals surface area (Å²) < 4.78 is 0. The predicted octanol–water partition coefficient (Wildman–Crippen LogP) is 10.7. The van der Waals surface area contributed by atoms with Gasteiger partial charge in [-0.05, 0) is 68.5 Å². The maximum absolute atomic E-state index is 14.6. The van der Waals surface area contributed by atoms with Gasteiger partial charge in [-0.2, -0.15) is 0 Å². The van der Waals surface area contributed by atoms with Crippen molar-refractivity contribution in [3.05, 3.63) is 189 Å². The van der Waals surface area contributed by atoms with Crippen molar-refractivity contribution in [3.63, 3.8) is 0 Å². The third-order valence-corrected chi connectivity index (χ3v) is 10.8. The summed E-state index contributed by atoms with van der Waals surface area (Å²) in [7, 11) is 0. The predicted molar refractivity (Wildman–Crippen MR) is 191 cm³/mol. The van der Waals surface area contributed by atoms with Crippen molar-refractivity contribution in [2.45, 2.75) is 12.8 Å². The van der Waals surface area contributed by atoms with E-state index < -0.39 is 0 Å². The van der Waals surface area contributed by atoms with Crippen LogP contribution in [-0.2, 0) is 12.8 Å². The minimum atomic E-state index is -0.0667. The van der Waals surface area contributed by atoms with Gasteiger partial charge in [-0.15, -0.1) is 11.3 Å². The Hall–Kier alpha value is -5.64. The van der Waals surface area contributed by atoms with Crippen molar-refractivity contribution in [2.24, 2.45) is 0 Å². The van der Waals surface area contributed by atoms with Gasteiger partial charge in [-0.25, -0.2) is 0 Å². The van der Waals surface area contributed by atoms with E-state index in [0.29, 0.717) is 20.9 Å². The summed E-state index contributed by atoms with van der Waals surface area (Å²) in [5, 5.41) is 0. The summed E-state index contributed by atoms with van der Waals surface area (Å²) in [4.78, 5) is 30.5. The summed E-state index contributed by atoms with van der Waals surface area (Å²) >= 11 is 1.34. The first kappa shape index (κ1) is 27.7. The maximum Gasteiger partial charge on any atom is 0.203 e. The fourth-order valence-corrected chi connectivity index (χ4v) is 8.74. The first-order valence-corrected chi connectivity index (χ1v) is 16.8. The molecule has 1 aromatic heterocycles. The molecule has 222 valence electrons. The number of rotatable bonds is 6. The number of ketones is 2. The van der Waals surface area contributed by atoms with Crippen LogP contribution in [0.5, 0.6) is 0 Å². The largest absolute Gasteiger partial charge is 0.288 e. The van der Waals surface area contributed by atoms with E-state index in [4.69, 9.17) is 0 Å². The highest BCUT2D eigenvalue weighted by Crippen LogP contribution is 2.52. The van der Waals surface area contributed by atoms with Crippen LogP contribution in [0.2, 0.25) is 0 Å². The molecule has 1 heterocycles. The molecule has 2 aliphatic rings. The van der Waals surface area contributed by atoms with E-state index in [1.165, 1.54) is 55.8 Å². The van der Waals surface area contributed by atoms with Crippen molar-refractivity contribution < 1.29 is 9.59 Å². The zero-order chi connectivity index (χ0) is 31.5. The lowest BCUT2D eigenvalue weighted by molar-refractivity contribution is 0.103. The van der Waals surface area contributed by atoms with Gasteiger partial charge in [0.15, 0.2) is 0 Å². The van der Waals surface area contributed by atoms with E-state index in [1.54, 1.807) is 0 Å². The summed E-state index contributed by atoms with van der Waals surface area (Å²) in [6.07, 6.45) is 1.55. The van der Waals surface area contributed by atoms with Crippen molar-refractivity contribution in [3.8, 4) is 44.5 Å². The topological polar surface area (TPSA) is 34.1 Å². The molecule has 2 aliphatic carbocycles. The first-order valence-electron chi connectivity index (χ1n) is 15.9. The Balaban J connectivity index is 1.38. The van der Waals surface area contributed by atoms with Crippen LogP contribution in [0, 0.1) is 0 Å². The third-order valence-electron chi connectivity index (χ3n) is 9.63. The molecule has 0 aliphatic heterocycles. The van der Waals surface area contributed by atoms with E-state index in [9.17, 15) is 9.59 Å². The lowest BCUT2D eigenvalue weighted by Crippen LogP contribution is -2.03. The van der Waals surface area contributed by atoms with Gasteiger partial charge in [0, 0.05) is 22.3 Å². The molecule has 0 spiro atoms. The lowest BCUT2D eigenvalue weighted by atomic mass is 9.85. The molecule has 7 aromatic rings. The molecular formula is C44H28O2S. The van der Waals surface area contributed by atoms with Crippen molar-refractivity contribution in [1.82, 2.24) is 0 Å². The second kappa shape index (κ2) is 11.0. The van der Waals surface area contributed by atoms with E-state index >= 15 is 0 Å². The molecule has 6 aromatic carbocycles. The maximum atomic E-state index is 14.6. The Kier molecular flexibility index (Phi) is 6.48. The average Bonchev–Trinajstić information content (AvgIpc) is 3.83. The van der Waals surface area contributed by atoms with E-state index in [1.807, 2.05) is 60.7 Å². The molecule has 0 unspecified atom stereocenters. The van der Waals surface area contributed by atoms with Gasteiger partial charge < -0.3 is 0 Å². The third kappa shape index (κ3) is 4.39. The number of fused-ring (bicyclic) bond motifs is 6. The fraction of sp³-hybridized carbons (Fsp3) is 0.0455. The van der Waals surface area contributed by atoms with Crippen LogP contribution in [0.25, 0.3) is 44.5 Å². The number of carbonyl (C=O) groups excluding carboxylic acids is 2. The molecule has 0 saturated carbocycles. The second-order valence-corrected chi connectivity index (χ2v) is 13.3. The minimum absolute atomic E-state index is 0.0667. The smallest absolute Gasteiger partial charge is 0.203 e. The van der Waals surface area contributed by atoms with Gasteiger partial charge in [0.2, 0.25) is 11.6 Å². The van der Waals surface area contributed by atoms with Gasteiger partial charge in [0.1, 0.15) is 0 Å². The molecule has 0 atom stereocenters. The monoisotopic (exact) mass is 620 g/mol. The number of thiophene rings is 1. The molecule has 3 heteroatoms. The van der Waals surface area contributed by atoms with Crippen LogP contribution < -0.4 is 0 Å². The van der Waals surface area contributed by atoms with Crippen LogP contribution in [0.4, 0.5) is 0 Å². The summed E-state index contributed by atoms with van der Waals surface area (Å²) in [6, 6.07) is 48.9. The second-order valence-electron chi connectivity index (χ2n) is 12.2. The van der Waals surface area contributed by atoms with E-state index in [-0.39, 0.29) is 11.6 Å². The Bertz CT molecular complexity index is 2210. The van der Waals surface area contributed by atoms with Crippen LogP contribution in [0.1, 0.15) is 52.7 Å². The average molecular weight is 621 g/mol. The molecule has 0 bridgehead atoms. The Morgan fingerprint density at radius 1 is 0.383 bits per heavy atom. The molecule has 9 rings (SSSR count). The quantitative estimate of drug-likeness (QED) is 0.173. The highest BCUT2D eigenvalue weighted by atomic mass is 32.1. The van der Waals surface area contributed by atoms with Crippen LogP contribution >= 0.6 is 11.3 Å². The van der Waals surface area contributed by atoms with Gasteiger partial charge >= 0.3 is 0 Å². The summed E-state index contributed by atoms with van der Waals surface area (Å²) in [6.45, 7) is 0. The number of hydrogen-bond acceptors (Lipinski definition) is 3. The normalized spacial score (nSPS) is 12.3. The number of hydrogen-bond donors (Lipinski definition) is 0. The Morgan fingerprint density at radius 2 is 0.745 bits per heavy atom. The van der Waals surface area contributed by atoms with Gasteiger partial charge in [-0.3, -0.25) is 9.59 Å². The molecule has 0 amide bonds. The molecule has 2 nitrogen and oxygen atoms in total. The summed E-state index contributed by atoms with van der Waals surface area (Å²) in [5.74, 6) is -0.133. The molecule has 0 N–H and O–H groups in total. The molecule has 0 saturated heterocycles. The van der Waals surface area contributed by atoms with Crippen molar-refractivity contribution in [1.29, 1.82) is 0 Å². The zero-order valence-electron chi connectivity index (χ0n) is 25.5. The summed E-state index contributed by atoms with van der Waals surface area (Å²) in [5.41, 5.74) is 14.8. The van der Waals surface area contributed by atoms with Crippen LogP contribution in [-0.4, -0.2) is 11.6 Å². The minimum Gasteiger partial charge on any atom is -0.288 e. The van der Waals surface area contributed by atoms with Gasteiger partial charge in [0.05, 0.1) is 9.75 Å². The zero-order valence-corrected chi connectivity index (χ0v) is 26.3. The number of carbonyl (C=O) groups is 2. The van der Waals surface area contributed by atoms with Crippen molar-refractivity contribution in [2.75, 3.05) is 0 Å². The molecule has 0 fully saturated rings. The lowest BCUT2D eigenvalue weighted by Gasteiger charge is -2.16.